The van der Waals surface area contributed by atoms with Gasteiger partial charge < -0.3 is 4.90 Å². The molecule has 158 valence electrons. The minimum absolute atomic E-state index is 1.16. The number of hydrogen-bond donors (Lipinski definition) is 0. The summed E-state index contributed by atoms with van der Waals surface area (Å²) in [7, 11) is 0. The van der Waals surface area contributed by atoms with E-state index in [0.717, 1.165) is 17.1 Å². The van der Waals surface area contributed by atoms with Crippen LogP contribution in [0.4, 0.5) is 17.1 Å². The number of fused-ring (bicyclic) bond motifs is 6. The van der Waals surface area contributed by atoms with Gasteiger partial charge in [-0.25, -0.2) is 0 Å². The van der Waals surface area contributed by atoms with Gasteiger partial charge in [0.25, 0.3) is 0 Å². The number of rotatable bonds is 3. The highest BCUT2D eigenvalue weighted by molar-refractivity contribution is 6.25. The summed E-state index contributed by atoms with van der Waals surface area (Å²) < 4.78 is 0. The minimum Gasteiger partial charge on any atom is -0.310 e. The molecule has 0 spiro atoms. The standard InChI is InChI=1S/C32H25N/c1-22-11-15-24(16-12-22)33(25-17-13-23(2)14-18-25)26-19-20-31-29-9-4-3-7-27(29)28-8-5-6-10-30(28)32(31)21-26/h3-21H,1-2H3. The maximum Gasteiger partial charge on any atom is 0.0468 e. The lowest BCUT2D eigenvalue weighted by atomic mass is 9.94. The molecule has 0 aliphatic heterocycles. The Morgan fingerprint density at radius 1 is 0.364 bits per heavy atom. The Morgan fingerprint density at radius 3 is 1.18 bits per heavy atom. The first-order valence-corrected chi connectivity index (χ1v) is 11.5. The molecule has 0 saturated heterocycles. The third-order valence-electron chi connectivity index (χ3n) is 6.57. The number of anilines is 3. The van der Waals surface area contributed by atoms with Crippen LogP contribution in [0.15, 0.2) is 115 Å². The SMILES string of the molecule is Cc1ccc(N(c2ccc(C)cc2)c2ccc3c4ccccc4c4ccccc4c3c2)cc1. The summed E-state index contributed by atoms with van der Waals surface area (Å²) in [5.74, 6) is 0. The highest BCUT2D eigenvalue weighted by atomic mass is 15.1. The van der Waals surface area contributed by atoms with Crippen molar-refractivity contribution in [1.82, 2.24) is 0 Å². The van der Waals surface area contributed by atoms with Gasteiger partial charge in [0.05, 0.1) is 0 Å². The Kier molecular flexibility index (Phi) is 4.62. The van der Waals surface area contributed by atoms with E-state index < -0.39 is 0 Å². The lowest BCUT2D eigenvalue weighted by Crippen LogP contribution is -2.10. The first-order chi connectivity index (χ1) is 16.2. The van der Waals surface area contributed by atoms with Crippen molar-refractivity contribution in [3.8, 4) is 0 Å². The third kappa shape index (κ3) is 3.34. The van der Waals surface area contributed by atoms with Gasteiger partial charge in [-0.15, -0.1) is 0 Å². The molecular formula is C32H25N. The molecule has 1 heteroatoms. The van der Waals surface area contributed by atoms with Crippen molar-refractivity contribution in [2.75, 3.05) is 4.90 Å². The largest absolute Gasteiger partial charge is 0.310 e. The Labute approximate surface area is 194 Å². The normalized spacial score (nSPS) is 11.3. The molecule has 6 aromatic carbocycles. The second-order valence-corrected chi connectivity index (χ2v) is 8.83. The maximum atomic E-state index is 2.35. The van der Waals surface area contributed by atoms with E-state index in [4.69, 9.17) is 0 Å². The Morgan fingerprint density at radius 2 is 0.727 bits per heavy atom. The summed E-state index contributed by atoms with van der Waals surface area (Å²) in [6, 6.07) is 41.9. The maximum absolute atomic E-state index is 2.35. The molecular weight excluding hydrogens is 398 g/mol. The summed E-state index contributed by atoms with van der Waals surface area (Å²) in [6.07, 6.45) is 0. The summed E-state index contributed by atoms with van der Waals surface area (Å²) in [4.78, 5) is 2.35. The molecule has 6 rings (SSSR count). The summed E-state index contributed by atoms with van der Waals surface area (Å²) >= 11 is 0. The van der Waals surface area contributed by atoms with Gasteiger partial charge in [0.1, 0.15) is 0 Å². The van der Waals surface area contributed by atoms with Gasteiger partial charge in [-0.3, -0.25) is 0 Å². The highest BCUT2D eigenvalue weighted by Gasteiger charge is 2.15. The molecule has 1 nitrogen and oxygen atoms in total. The van der Waals surface area contributed by atoms with E-state index in [-0.39, 0.29) is 0 Å². The number of nitrogens with zero attached hydrogens (tertiary/aromatic N) is 1. The third-order valence-corrected chi connectivity index (χ3v) is 6.57. The van der Waals surface area contributed by atoms with Crippen LogP contribution >= 0.6 is 0 Å². The van der Waals surface area contributed by atoms with Crippen molar-refractivity contribution in [3.63, 3.8) is 0 Å². The molecule has 6 aromatic rings. The van der Waals surface area contributed by atoms with E-state index in [1.807, 2.05) is 0 Å². The molecule has 0 aromatic heterocycles. The van der Waals surface area contributed by atoms with Crippen molar-refractivity contribution in [1.29, 1.82) is 0 Å². The average molecular weight is 424 g/mol. The van der Waals surface area contributed by atoms with Gasteiger partial charge in [-0.05, 0) is 82.6 Å². The summed E-state index contributed by atoms with van der Waals surface area (Å²) in [6.45, 7) is 4.26. The topological polar surface area (TPSA) is 3.24 Å². The molecule has 0 atom stereocenters. The fourth-order valence-corrected chi connectivity index (χ4v) is 4.87. The van der Waals surface area contributed by atoms with Gasteiger partial charge in [-0.1, -0.05) is 90.0 Å². The van der Waals surface area contributed by atoms with Crippen LogP contribution in [0.1, 0.15) is 11.1 Å². The van der Waals surface area contributed by atoms with Gasteiger partial charge in [0.2, 0.25) is 0 Å². The van der Waals surface area contributed by atoms with Crippen LogP contribution in [-0.2, 0) is 0 Å². The number of aryl methyl sites for hydroxylation is 2. The van der Waals surface area contributed by atoms with E-state index in [9.17, 15) is 0 Å². The summed E-state index contributed by atoms with van der Waals surface area (Å²) in [5.41, 5.74) is 6.01. The van der Waals surface area contributed by atoms with Gasteiger partial charge in [0, 0.05) is 17.1 Å². The second kappa shape index (κ2) is 7.79. The van der Waals surface area contributed by atoms with Gasteiger partial charge >= 0.3 is 0 Å². The van der Waals surface area contributed by atoms with E-state index in [0.29, 0.717) is 0 Å². The van der Waals surface area contributed by atoms with Crippen molar-refractivity contribution in [2.45, 2.75) is 13.8 Å². The molecule has 0 unspecified atom stereocenters. The molecule has 0 radical (unpaired) electrons. The lowest BCUT2D eigenvalue weighted by molar-refractivity contribution is 1.27. The van der Waals surface area contributed by atoms with E-state index in [1.165, 1.54) is 43.4 Å². The van der Waals surface area contributed by atoms with E-state index >= 15 is 0 Å². The van der Waals surface area contributed by atoms with Crippen LogP contribution in [0.2, 0.25) is 0 Å². The zero-order valence-electron chi connectivity index (χ0n) is 18.9. The quantitative estimate of drug-likeness (QED) is 0.256. The van der Waals surface area contributed by atoms with Gasteiger partial charge in [-0.2, -0.15) is 0 Å². The average Bonchev–Trinajstić information content (AvgIpc) is 2.87. The van der Waals surface area contributed by atoms with Crippen LogP contribution in [0.25, 0.3) is 32.3 Å². The van der Waals surface area contributed by atoms with Crippen molar-refractivity contribution in [3.05, 3.63) is 126 Å². The number of hydrogen-bond acceptors (Lipinski definition) is 1. The van der Waals surface area contributed by atoms with E-state index in [1.54, 1.807) is 0 Å². The van der Waals surface area contributed by atoms with Crippen LogP contribution in [0, 0.1) is 13.8 Å². The monoisotopic (exact) mass is 423 g/mol. The van der Waals surface area contributed by atoms with Crippen molar-refractivity contribution in [2.24, 2.45) is 0 Å². The molecule has 0 fully saturated rings. The predicted octanol–water partition coefficient (Wildman–Crippen LogP) is 9.23. The second-order valence-electron chi connectivity index (χ2n) is 8.83. The molecule has 0 heterocycles. The summed E-state index contributed by atoms with van der Waals surface area (Å²) in [5, 5.41) is 7.78. The van der Waals surface area contributed by atoms with Crippen LogP contribution in [0.3, 0.4) is 0 Å². The zero-order valence-corrected chi connectivity index (χ0v) is 18.9. The molecule has 0 bridgehead atoms. The molecule has 0 aliphatic rings. The predicted molar refractivity (Wildman–Crippen MR) is 143 cm³/mol. The van der Waals surface area contributed by atoms with Gasteiger partial charge in [0.15, 0.2) is 0 Å². The molecule has 33 heavy (non-hydrogen) atoms. The van der Waals surface area contributed by atoms with Crippen LogP contribution in [0.5, 0.6) is 0 Å². The zero-order chi connectivity index (χ0) is 22.4. The number of benzene rings is 6. The van der Waals surface area contributed by atoms with Crippen molar-refractivity contribution >= 4 is 49.4 Å². The fourth-order valence-electron chi connectivity index (χ4n) is 4.87. The highest BCUT2D eigenvalue weighted by Crippen LogP contribution is 2.40. The van der Waals surface area contributed by atoms with E-state index in [2.05, 4.69) is 134 Å². The lowest BCUT2D eigenvalue weighted by Gasteiger charge is -2.26. The molecule has 0 aliphatic carbocycles. The Hall–Kier alpha value is -4.10. The first-order valence-electron chi connectivity index (χ1n) is 11.5. The van der Waals surface area contributed by atoms with Crippen LogP contribution < -0.4 is 4.90 Å². The fraction of sp³-hybridized carbons (Fsp3) is 0.0625. The molecule has 0 saturated carbocycles. The smallest absolute Gasteiger partial charge is 0.0468 e. The molecule has 0 N–H and O–H groups in total. The Bertz CT molecular complexity index is 1530. The van der Waals surface area contributed by atoms with Crippen LogP contribution in [-0.4, -0.2) is 0 Å². The Balaban J connectivity index is 1.65. The first kappa shape index (κ1) is 19.6. The molecule has 0 amide bonds. The van der Waals surface area contributed by atoms with Crippen molar-refractivity contribution < 1.29 is 0 Å². The minimum atomic E-state index is 1.16.